The van der Waals surface area contributed by atoms with Gasteiger partial charge in [-0.1, -0.05) is 24.3 Å². The van der Waals surface area contributed by atoms with Crippen LogP contribution in [0.4, 0.5) is 0 Å². The van der Waals surface area contributed by atoms with E-state index in [-0.39, 0.29) is 12.3 Å². The molecule has 29 heavy (non-hydrogen) atoms. The number of esters is 1. The van der Waals surface area contributed by atoms with Crippen LogP contribution in [0, 0.1) is 0 Å². The molecule has 1 aromatic heterocycles. The summed E-state index contributed by atoms with van der Waals surface area (Å²) in [5, 5.41) is 7.09. The molecule has 0 aliphatic carbocycles. The van der Waals surface area contributed by atoms with Crippen LogP contribution in [0.2, 0.25) is 0 Å². The van der Waals surface area contributed by atoms with Crippen molar-refractivity contribution in [1.29, 1.82) is 0 Å². The number of amides is 1. The molecule has 1 amide bonds. The van der Waals surface area contributed by atoms with E-state index in [1.807, 2.05) is 41.2 Å². The first-order chi connectivity index (χ1) is 14.1. The Bertz CT molecular complexity index is 935. The van der Waals surface area contributed by atoms with Crippen LogP contribution in [0.15, 0.2) is 67.0 Å². The Labute approximate surface area is 169 Å². The van der Waals surface area contributed by atoms with Crippen LogP contribution in [0.1, 0.15) is 33.9 Å². The molecule has 0 radical (unpaired) electrons. The van der Waals surface area contributed by atoms with Gasteiger partial charge in [0.1, 0.15) is 5.75 Å². The van der Waals surface area contributed by atoms with Crippen LogP contribution >= 0.6 is 0 Å². The van der Waals surface area contributed by atoms with Crippen molar-refractivity contribution in [2.45, 2.75) is 19.0 Å². The first-order valence-electron chi connectivity index (χ1n) is 9.17. The number of methoxy groups -OCH3 is 2. The van der Waals surface area contributed by atoms with Gasteiger partial charge in [0.2, 0.25) is 0 Å². The first-order valence-corrected chi connectivity index (χ1v) is 9.17. The van der Waals surface area contributed by atoms with E-state index >= 15 is 0 Å². The summed E-state index contributed by atoms with van der Waals surface area (Å²) in [4.78, 5) is 24.6. The minimum absolute atomic E-state index is 0.0337. The minimum atomic E-state index is -0.510. The summed E-state index contributed by atoms with van der Waals surface area (Å²) < 4.78 is 11.8. The number of benzene rings is 2. The number of carbonyl (C=O) groups excluding carboxylic acids is 2. The summed E-state index contributed by atoms with van der Waals surface area (Å²) in [7, 11) is 2.91. The van der Waals surface area contributed by atoms with E-state index in [0.717, 1.165) is 11.1 Å². The lowest BCUT2D eigenvalue weighted by atomic mass is 10.0. The maximum Gasteiger partial charge on any atom is 0.307 e. The zero-order valence-electron chi connectivity index (χ0n) is 16.4. The molecule has 7 heteroatoms. The van der Waals surface area contributed by atoms with Crippen LogP contribution in [0.25, 0.3) is 0 Å². The molecule has 150 valence electrons. The second-order valence-corrected chi connectivity index (χ2v) is 6.48. The van der Waals surface area contributed by atoms with E-state index in [4.69, 9.17) is 9.47 Å². The van der Waals surface area contributed by atoms with Gasteiger partial charge in [-0.15, -0.1) is 0 Å². The molecular formula is C22H23N3O4. The minimum Gasteiger partial charge on any atom is -0.497 e. The summed E-state index contributed by atoms with van der Waals surface area (Å²) in [6, 6.07) is 15.9. The molecule has 1 atom stereocenters. The lowest BCUT2D eigenvalue weighted by molar-refractivity contribution is -0.141. The van der Waals surface area contributed by atoms with Crippen molar-refractivity contribution in [1.82, 2.24) is 15.1 Å². The van der Waals surface area contributed by atoms with Crippen LogP contribution in [-0.4, -0.2) is 35.9 Å². The first kappa shape index (κ1) is 20.1. The fourth-order valence-corrected chi connectivity index (χ4v) is 2.92. The third kappa shape index (κ3) is 5.44. The molecule has 0 fully saturated rings. The number of carbonyl (C=O) groups is 2. The molecule has 1 unspecified atom stereocenters. The Morgan fingerprint density at radius 2 is 1.79 bits per heavy atom. The zero-order chi connectivity index (χ0) is 20.6. The molecule has 1 N–H and O–H groups in total. The third-order valence-electron chi connectivity index (χ3n) is 4.54. The van der Waals surface area contributed by atoms with E-state index in [1.54, 1.807) is 37.6 Å². The number of nitrogens with one attached hydrogen (secondary N) is 1. The summed E-state index contributed by atoms with van der Waals surface area (Å²) in [6.45, 7) is 0.631. The molecule has 3 aromatic rings. The van der Waals surface area contributed by atoms with Crippen LogP contribution in [0.3, 0.4) is 0 Å². The maximum absolute atomic E-state index is 12.7. The highest BCUT2D eigenvalue weighted by molar-refractivity contribution is 5.94. The van der Waals surface area contributed by atoms with Crippen molar-refractivity contribution in [2.75, 3.05) is 14.2 Å². The predicted octanol–water partition coefficient (Wildman–Crippen LogP) is 2.97. The van der Waals surface area contributed by atoms with E-state index < -0.39 is 12.0 Å². The number of ether oxygens (including phenoxy) is 2. The lowest BCUT2D eigenvalue weighted by Crippen LogP contribution is -2.30. The van der Waals surface area contributed by atoms with E-state index in [2.05, 4.69) is 10.4 Å². The standard InChI is InChI=1S/C22H23N3O4/c1-28-19-10-8-17(9-11-19)20(14-21(26)29-2)24-22(27)18-6-4-16(5-7-18)15-25-13-3-12-23-25/h3-13,20H,14-15H2,1-2H3,(H,24,27). The topological polar surface area (TPSA) is 82.5 Å². The fraction of sp³-hybridized carbons (Fsp3) is 0.227. The van der Waals surface area contributed by atoms with Crippen molar-refractivity contribution >= 4 is 11.9 Å². The lowest BCUT2D eigenvalue weighted by Gasteiger charge is -2.19. The van der Waals surface area contributed by atoms with Crippen molar-refractivity contribution in [3.63, 3.8) is 0 Å². The van der Waals surface area contributed by atoms with Gasteiger partial charge in [-0.05, 0) is 41.5 Å². The summed E-state index contributed by atoms with van der Waals surface area (Å²) in [5.74, 6) is 0.0331. The van der Waals surface area contributed by atoms with E-state index in [9.17, 15) is 9.59 Å². The van der Waals surface area contributed by atoms with Gasteiger partial charge in [0.15, 0.2) is 0 Å². The van der Waals surface area contributed by atoms with Gasteiger partial charge in [-0.25, -0.2) is 0 Å². The van der Waals surface area contributed by atoms with Gasteiger partial charge in [-0.3, -0.25) is 14.3 Å². The monoisotopic (exact) mass is 393 g/mol. The highest BCUT2D eigenvalue weighted by Gasteiger charge is 2.20. The Hall–Kier alpha value is -3.61. The zero-order valence-corrected chi connectivity index (χ0v) is 16.4. The molecule has 0 bridgehead atoms. The van der Waals surface area contributed by atoms with Crippen molar-refractivity contribution in [3.8, 4) is 5.75 Å². The second kappa shape index (κ2) is 9.54. The smallest absolute Gasteiger partial charge is 0.307 e. The van der Waals surface area contributed by atoms with Crippen LogP contribution in [0.5, 0.6) is 5.75 Å². The Kier molecular flexibility index (Phi) is 6.63. The molecule has 3 rings (SSSR count). The molecule has 0 aliphatic rings. The van der Waals surface area contributed by atoms with Gasteiger partial charge >= 0.3 is 5.97 Å². The Balaban J connectivity index is 1.71. The van der Waals surface area contributed by atoms with Crippen LogP contribution < -0.4 is 10.1 Å². The van der Waals surface area contributed by atoms with Gasteiger partial charge in [-0.2, -0.15) is 5.10 Å². The normalized spacial score (nSPS) is 11.5. The Morgan fingerprint density at radius 3 is 2.38 bits per heavy atom. The largest absolute Gasteiger partial charge is 0.497 e. The van der Waals surface area contributed by atoms with Gasteiger partial charge in [0.25, 0.3) is 5.91 Å². The number of nitrogens with zero attached hydrogens (tertiary/aromatic N) is 2. The molecule has 0 saturated heterocycles. The van der Waals surface area contributed by atoms with Gasteiger partial charge in [0, 0.05) is 18.0 Å². The van der Waals surface area contributed by atoms with Crippen LogP contribution in [-0.2, 0) is 16.1 Å². The molecule has 0 saturated carbocycles. The molecule has 2 aromatic carbocycles. The average molecular weight is 393 g/mol. The number of hydrogen-bond acceptors (Lipinski definition) is 5. The second-order valence-electron chi connectivity index (χ2n) is 6.48. The third-order valence-corrected chi connectivity index (χ3v) is 4.54. The Morgan fingerprint density at radius 1 is 1.07 bits per heavy atom. The molecule has 1 heterocycles. The maximum atomic E-state index is 12.7. The summed E-state index contributed by atoms with van der Waals surface area (Å²) >= 11 is 0. The van der Waals surface area contributed by atoms with E-state index in [0.29, 0.717) is 17.9 Å². The highest BCUT2D eigenvalue weighted by Crippen LogP contribution is 2.21. The van der Waals surface area contributed by atoms with Gasteiger partial charge < -0.3 is 14.8 Å². The number of hydrogen-bond donors (Lipinski definition) is 1. The SMILES string of the molecule is COC(=O)CC(NC(=O)c1ccc(Cn2cccn2)cc1)c1ccc(OC)cc1. The quantitative estimate of drug-likeness (QED) is 0.595. The molecule has 0 aliphatic heterocycles. The number of rotatable bonds is 8. The molecule has 0 spiro atoms. The summed E-state index contributed by atoms with van der Waals surface area (Å²) in [5.41, 5.74) is 2.34. The van der Waals surface area contributed by atoms with Gasteiger partial charge in [0.05, 0.1) is 33.2 Å². The summed E-state index contributed by atoms with van der Waals surface area (Å²) in [6.07, 6.45) is 3.64. The number of aromatic nitrogens is 2. The van der Waals surface area contributed by atoms with Crippen molar-refractivity contribution in [2.24, 2.45) is 0 Å². The van der Waals surface area contributed by atoms with Crippen molar-refractivity contribution < 1.29 is 19.1 Å². The average Bonchev–Trinajstić information content (AvgIpc) is 3.26. The predicted molar refractivity (Wildman–Crippen MR) is 108 cm³/mol. The van der Waals surface area contributed by atoms with Crippen molar-refractivity contribution in [3.05, 3.63) is 83.7 Å². The van der Waals surface area contributed by atoms with E-state index in [1.165, 1.54) is 7.11 Å². The molecule has 7 nitrogen and oxygen atoms in total. The fourth-order valence-electron chi connectivity index (χ4n) is 2.92. The molecular weight excluding hydrogens is 370 g/mol. The highest BCUT2D eigenvalue weighted by atomic mass is 16.5.